The summed E-state index contributed by atoms with van der Waals surface area (Å²) in [6.45, 7) is -0.175. The normalized spacial score (nSPS) is 10.6. The molecule has 0 saturated heterocycles. The quantitative estimate of drug-likeness (QED) is 0.367. The molecule has 0 aliphatic rings. The van der Waals surface area contributed by atoms with Crippen molar-refractivity contribution < 1.29 is 23.8 Å². The number of carbonyl (C=O) groups excluding carboxylic acids is 2. The summed E-state index contributed by atoms with van der Waals surface area (Å²) >= 11 is 0. The van der Waals surface area contributed by atoms with Gasteiger partial charge in [0, 0.05) is 5.69 Å². The van der Waals surface area contributed by atoms with E-state index in [-0.39, 0.29) is 18.1 Å². The minimum Gasteiger partial charge on any atom is -0.497 e. The third kappa shape index (κ3) is 6.61. The number of nitrogens with zero attached hydrogens (tertiary/aromatic N) is 1. The Morgan fingerprint density at radius 3 is 2.21 bits per heavy atom. The first-order chi connectivity index (χ1) is 16.5. The zero-order chi connectivity index (χ0) is 24.3. The molecule has 0 atom stereocenters. The van der Waals surface area contributed by atoms with Crippen molar-refractivity contribution >= 4 is 29.3 Å². The minimum atomic E-state index is -0.553. The number of hydrogen-bond acceptors (Lipinski definition) is 6. The number of nitrogens with one attached hydrogen (secondary N) is 2. The van der Waals surface area contributed by atoms with Gasteiger partial charge in [-0.1, -0.05) is 24.3 Å². The van der Waals surface area contributed by atoms with Crippen molar-refractivity contribution in [2.75, 3.05) is 31.5 Å². The second-order valence-electron chi connectivity index (χ2n) is 6.96. The molecule has 3 rings (SSSR count). The first kappa shape index (κ1) is 23.9. The number of rotatable bonds is 9. The molecular formula is C26H23N3O5. The second kappa shape index (κ2) is 11.7. The number of hydrogen-bond donors (Lipinski definition) is 2. The fourth-order valence-electron chi connectivity index (χ4n) is 2.93. The summed E-state index contributed by atoms with van der Waals surface area (Å²) in [6, 6.07) is 22.5. The van der Waals surface area contributed by atoms with Crippen LogP contribution >= 0.6 is 0 Å². The lowest BCUT2D eigenvalue weighted by molar-refractivity contribution is -0.118. The molecule has 34 heavy (non-hydrogen) atoms. The van der Waals surface area contributed by atoms with E-state index in [1.165, 1.54) is 13.2 Å². The Hall–Kier alpha value is -4.77. The SMILES string of the molecule is COc1ccc(NC(=O)COc2ccc(/C=C(\C#N)C(=O)Nc3ccccc3OC)cc2)cc1. The van der Waals surface area contributed by atoms with Crippen LogP contribution in [0.4, 0.5) is 11.4 Å². The molecule has 0 heterocycles. The van der Waals surface area contributed by atoms with Crippen molar-refractivity contribution in [3.63, 3.8) is 0 Å². The Morgan fingerprint density at radius 2 is 1.56 bits per heavy atom. The predicted molar refractivity (Wildman–Crippen MR) is 129 cm³/mol. The zero-order valence-corrected chi connectivity index (χ0v) is 18.7. The monoisotopic (exact) mass is 457 g/mol. The fraction of sp³-hybridized carbons (Fsp3) is 0.115. The molecule has 0 saturated carbocycles. The Morgan fingerprint density at radius 1 is 0.882 bits per heavy atom. The topological polar surface area (TPSA) is 110 Å². The van der Waals surface area contributed by atoms with E-state index in [0.29, 0.717) is 34.2 Å². The third-order valence-corrected chi connectivity index (χ3v) is 4.66. The van der Waals surface area contributed by atoms with E-state index in [1.54, 1.807) is 79.9 Å². The van der Waals surface area contributed by atoms with E-state index in [0.717, 1.165) is 0 Å². The van der Waals surface area contributed by atoms with E-state index in [9.17, 15) is 14.9 Å². The van der Waals surface area contributed by atoms with Crippen molar-refractivity contribution in [1.29, 1.82) is 5.26 Å². The van der Waals surface area contributed by atoms with Crippen LogP contribution in [0.2, 0.25) is 0 Å². The van der Waals surface area contributed by atoms with Gasteiger partial charge in [-0.25, -0.2) is 0 Å². The van der Waals surface area contributed by atoms with Crippen molar-refractivity contribution in [2.24, 2.45) is 0 Å². The highest BCUT2D eigenvalue weighted by molar-refractivity contribution is 6.10. The average Bonchev–Trinajstić information content (AvgIpc) is 2.87. The van der Waals surface area contributed by atoms with Gasteiger partial charge in [-0.15, -0.1) is 0 Å². The summed E-state index contributed by atoms with van der Waals surface area (Å²) in [5.74, 6) is 0.793. The van der Waals surface area contributed by atoms with E-state index < -0.39 is 5.91 Å². The van der Waals surface area contributed by atoms with Gasteiger partial charge in [0.2, 0.25) is 0 Å². The summed E-state index contributed by atoms with van der Waals surface area (Å²) in [4.78, 5) is 24.6. The summed E-state index contributed by atoms with van der Waals surface area (Å²) in [7, 11) is 3.07. The molecule has 8 nitrogen and oxygen atoms in total. The third-order valence-electron chi connectivity index (χ3n) is 4.66. The first-order valence-electron chi connectivity index (χ1n) is 10.3. The van der Waals surface area contributed by atoms with Gasteiger partial charge in [0.15, 0.2) is 6.61 Å². The number of ether oxygens (including phenoxy) is 3. The van der Waals surface area contributed by atoms with Gasteiger partial charge in [0.25, 0.3) is 11.8 Å². The number of amides is 2. The molecule has 172 valence electrons. The number of methoxy groups -OCH3 is 2. The fourth-order valence-corrected chi connectivity index (χ4v) is 2.93. The van der Waals surface area contributed by atoms with Crippen LogP contribution in [0.3, 0.4) is 0 Å². The lowest BCUT2D eigenvalue weighted by Gasteiger charge is -2.09. The van der Waals surface area contributed by atoms with Crippen LogP contribution in [0.5, 0.6) is 17.2 Å². The van der Waals surface area contributed by atoms with Crippen molar-refractivity contribution in [3.05, 3.63) is 83.9 Å². The first-order valence-corrected chi connectivity index (χ1v) is 10.3. The summed E-state index contributed by atoms with van der Waals surface area (Å²) in [5, 5.41) is 14.8. The molecule has 0 aliphatic carbocycles. The Kier molecular flexibility index (Phi) is 8.25. The van der Waals surface area contributed by atoms with E-state index in [2.05, 4.69) is 10.6 Å². The number of nitriles is 1. The molecule has 0 fully saturated rings. The Labute approximate surface area is 197 Å². The van der Waals surface area contributed by atoms with Gasteiger partial charge in [-0.05, 0) is 60.2 Å². The average molecular weight is 457 g/mol. The zero-order valence-electron chi connectivity index (χ0n) is 18.7. The van der Waals surface area contributed by atoms with Gasteiger partial charge in [-0.3, -0.25) is 9.59 Å². The maximum absolute atomic E-state index is 12.5. The highest BCUT2D eigenvalue weighted by atomic mass is 16.5. The molecule has 0 aromatic heterocycles. The van der Waals surface area contributed by atoms with Gasteiger partial charge in [-0.2, -0.15) is 5.26 Å². The van der Waals surface area contributed by atoms with Crippen LogP contribution in [0.25, 0.3) is 6.08 Å². The molecule has 0 unspecified atom stereocenters. The molecule has 0 bridgehead atoms. The van der Waals surface area contributed by atoms with Gasteiger partial charge in [0.1, 0.15) is 28.9 Å². The van der Waals surface area contributed by atoms with Crippen LogP contribution in [-0.2, 0) is 9.59 Å². The molecule has 0 aliphatic heterocycles. The maximum atomic E-state index is 12.5. The van der Waals surface area contributed by atoms with Crippen LogP contribution in [0.15, 0.2) is 78.4 Å². The summed E-state index contributed by atoms with van der Waals surface area (Å²) < 4.78 is 15.8. The Balaban J connectivity index is 1.57. The van der Waals surface area contributed by atoms with Crippen LogP contribution in [0, 0.1) is 11.3 Å². The minimum absolute atomic E-state index is 0.0709. The number of para-hydroxylation sites is 2. The molecule has 3 aromatic carbocycles. The van der Waals surface area contributed by atoms with Gasteiger partial charge >= 0.3 is 0 Å². The smallest absolute Gasteiger partial charge is 0.266 e. The lowest BCUT2D eigenvalue weighted by atomic mass is 10.1. The Bertz CT molecular complexity index is 1210. The molecule has 2 N–H and O–H groups in total. The van der Waals surface area contributed by atoms with Gasteiger partial charge < -0.3 is 24.8 Å². The van der Waals surface area contributed by atoms with E-state index in [1.807, 2.05) is 6.07 Å². The molecule has 2 amide bonds. The van der Waals surface area contributed by atoms with E-state index >= 15 is 0 Å². The van der Waals surface area contributed by atoms with Crippen molar-refractivity contribution in [2.45, 2.75) is 0 Å². The van der Waals surface area contributed by atoms with Crippen molar-refractivity contribution in [1.82, 2.24) is 0 Å². The van der Waals surface area contributed by atoms with Crippen LogP contribution in [0.1, 0.15) is 5.56 Å². The number of anilines is 2. The summed E-state index contributed by atoms with van der Waals surface area (Å²) in [6.07, 6.45) is 1.46. The molecule has 8 heteroatoms. The standard InChI is InChI=1S/C26H23N3O5/c1-32-21-13-9-20(10-14-21)28-25(30)17-34-22-11-7-18(8-12-22)15-19(16-27)26(31)29-23-5-3-4-6-24(23)33-2/h3-15H,17H2,1-2H3,(H,28,30)(H,29,31)/b19-15+. The highest BCUT2D eigenvalue weighted by Crippen LogP contribution is 2.24. The van der Waals surface area contributed by atoms with E-state index in [4.69, 9.17) is 14.2 Å². The number of benzene rings is 3. The van der Waals surface area contributed by atoms with Crippen LogP contribution in [-0.4, -0.2) is 32.6 Å². The lowest BCUT2D eigenvalue weighted by Crippen LogP contribution is -2.20. The van der Waals surface area contributed by atoms with Gasteiger partial charge in [0.05, 0.1) is 19.9 Å². The molecule has 0 spiro atoms. The molecular weight excluding hydrogens is 434 g/mol. The number of carbonyl (C=O) groups is 2. The largest absolute Gasteiger partial charge is 0.497 e. The highest BCUT2D eigenvalue weighted by Gasteiger charge is 2.12. The molecule has 3 aromatic rings. The predicted octanol–water partition coefficient (Wildman–Crippen LogP) is 4.27. The van der Waals surface area contributed by atoms with Crippen LogP contribution < -0.4 is 24.8 Å². The maximum Gasteiger partial charge on any atom is 0.266 e. The summed E-state index contributed by atoms with van der Waals surface area (Å²) in [5.41, 5.74) is 1.65. The van der Waals surface area contributed by atoms with Crippen molar-refractivity contribution in [3.8, 4) is 23.3 Å². The second-order valence-corrected chi connectivity index (χ2v) is 6.96. The molecule has 0 radical (unpaired) electrons.